The van der Waals surface area contributed by atoms with E-state index in [-0.39, 0.29) is 0 Å². The summed E-state index contributed by atoms with van der Waals surface area (Å²) >= 11 is 0. The van der Waals surface area contributed by atoms with Gasteiger partial charge in [-0.15, -0.1) is 0 Å². The van der Waals surface area contributed by atoms with Crippen molar-refractivity contribution < 1.29 is 0 Å². The van der Waals surface area contributed by atoms with E-state index in [0.29, 0.717) is 0 Å². The molecule has 6 unspecified atom stereocenters. The molecule has 0 spiro atoms. The van der Waals surface area contributed by atoms with Crippen LogP contribution in [0.5, 0.6) is 0 Å². The van der Waals surface area contributed by atoms with Gasteiger partial charge in [-0.25, -0.2) is 0 Å². The third-order valence-corrected chi connectivity index (χ3v) is 7.94. The minimum Gasteiger partial charge on any atom is -0.311 e. The number of nitrogens with zero attached hydrogens (tertiary/aromatic N) is 1. The highest BCUT2D eigenvalue weighted by molar-refractivity contribution is 5.05. The van der Waals surface area contributed by atoms with Gasteiger partial charge in [0.15, 0.2) is 0 Å². The highest BCUT2D eigenvalue weighted by Crippen LogP contribution is 2.43. The fourth-order valence-corrected chi connectivity index (χ4v) is 6.52. The summed E-state index contributed by atoms with van der Waals surface area (Å²) in [7, 11) is 4.50. The standard InChI is InChI=1S/C21H39N3/c1-14-7-12-20-18(13-14)21(17-5-4-6-19(17)23-20)22-15-8-10-16(11-9-15)24(2)3/h14-23H,4-13H2,1-3H3. The van der Waals surface area contributed by atoms with Gasteiger partial charge in [0, 0.05) is 30.2 Å². The Morgan fingerprint density at radius 2 is 1.58 bits per heavy atom. The molecule has 0 bridgehead atoms. The molecule has 138 valence electrons. The second-order valence-electron chi connectivity index (χ2n) is 9.72. The minimum absolute atomic E-state index is 0.781. The van der Waals surface area contributed by atoms with Crippen LogP contribution in [0.3, 0.4) is 0 Å². The quantitative estimate of drug-likeness (QED) is 0.829. The fraction of sp³-hybridized carbons (Fsp3) is 1.00. The molecule has 3 heteroatoms. The van der Waals surface area contributed by atoms with Crippen LogP contribution in [0.1, 0.15) is 71.1 Å². The van der Waals surface area contributed by atoms with Crippen molar-refractivity contribution in [3.63, 3.8) is 0 Å². The zero-order valence-electron chi connectivity index (χ0n) is 16.1. The number of rotatable bonds is 3. The van der Waals surface area contributed by atoms with Crippen LogP contribution < -0.4 is 10.6 Å². The van der Waals surface area contributed by atoms with E-state index in [4.69, 9.17) is 0 Å². The average Bonchev–Trinajstić information content (AvgIpc) is 3.04. The molecule has 0 amide bonds. The van der Waals surface area contributed by atoms with Crippen LogP contribution in [0.4, 0.5) is 0 Å². The number of nitrogens with one attached hydrogen (secondary N) is 2. The first-order valence-electron chi connectivity index (χ1n) is 10.8. The van der Waals surface area contributed by atoms with Gasteiger partial charge in [0.1, 0.15) is 0 Å². The maximum absolute atomic E-state index is 4.25. The molecular weight excluding hydrogens is 294 g/mol. The van der Waals surface area contributed by atoms with Gasteiger partial charge in [-0.3, -0.25) is 0 Å². The van der Waals surface area contributed by atoms with Crippen molar-refractivity contribution in [3.8, 4) is 0 Å². The van der Waals surface area contributed by atoms with Gasteiger partial charge in [-0.2, -0.15) is 0 Å². The molecule has 1 heterocycles. The van der Waals surface area contributed by atoms with E-state index in [0.717, 1.165) is 48.0 Å². The molecule has 0 radical (unpaired) electrons. The molecule has 4 fully saturated rings. The molecule has 1 aliphatic heterocycles. The first-order chi connectivity index (χ1) is 11.6. The third kappa shape index (κ3) is 3.41. The summed E-state index contributed by atoms with van der Waals surface area (Å²) in [6.07, 6.45) is 14.2. The van der Waals surface area contributed by atoms with Crippen molar-refractivity contribution in [2.24, 2.45) is 17.8 Å². The summed E-state index contributed by atoms with van der Waals surface area (Å²) in [4.78, 5) is 2.44. The first-order valence-corrected chi connectivity index (χ1v) is 10.8. The van der Waals surface area contributed by atoms with Crippen molar-refractivity contribution in [2.75, 3.05) is 14.1 Å². The van der Waals surface area contributed by atoms with Gasteiger partial charge in [0.2, 0.25) is 0 Å². The average molecular weight is 334 g/mol. The zero-order chi connectivity index (χ0) is 16.7. The van der Waals surface area contributed by atoms with Crippen LogP contribution in [0, 0.1) is 17.8 Å². The minimum atomic E-state index is 0.781. The van der Waals surface area contributed by atoms with Crippen molar-refractivity contribution in [3.05, 3.63) is 0 Å². The molecule has 4 rings (SSSR count). The van der Waals surface area contributed by atoms with Crippen molar-refractivity contribution in [1.82, 2.24) is 15.5 Å². The van der Waals surface area contributed by atoms with E-state index in [9.17, 15) is 0 Å². The molecule has 4 aliphatic rings. The molecule has 3 nitrogen and oxygen atoms in total. The van der Waals surface area contributed by atoms with Crippen LogP contribution in [0.2, 0.25) is 0 Å². The molecule has 24 heavy (non-hydrogen) atoms. The molecule has 0 aromatic rings. The summed E-state index contributed by atoms with van der Waals surface area (Å²) < 4.78 is 0. The predicted octanol–water partition coefficient (Wildman–Crippen LogP) is 3.39. The van der Waals surface area contributed by atoms with Crippen LogP contribution >= 0.6 is 0 Å². The Bertz CT molecular complexity index is 415. The lowest BCUT2D eigenvalue weighted by Gasteiger charge is -2.51. The zero-order valence-corrected chi connectivity index (χ0v) is 16.1. The van der Waals surface area contributed by atoms with E-state index in [2.05, 4.69) is 36.6 Å². The largest absolute Gasteiger partial charge is 0.311 e. The maximum atomic E-state index is 4.25. The van der Waals surface area contributed by atoms with Crippen LogP contribution in [-0.2, 0) is 0 Å². The predicted molar refractivity (Wildman–Crippen MR) is 101 cm³/mol. The summed E-state index contributed by atoms with van der Waals surface area (Å²) in [5, 5.41) is 8.33. The SMILES string of the molecule is CC1CCC2NC3CCCC3C(NC3CCC(N(C)C)CC3)C2C1. The third-order valence-electron chi connectivity index (χ3n) is 7.94. The Morgan fingerprint density at radius 1 is 0.833 bits per heavy atom. The number of fused-ring (bicyclic) bond motifs is 2. The van der Waals surface area contributed by atoms with E-state index in [1.54, 1.807) is 0 Å². The Labute approximate surface area is 149 Å². The lowest BCUT2D eigenvalue weighted by molar-refractivity contribution is 0.0587. The van der Waals surface area contributed by atoms with E-state index in [1.807, 2.05) is 0 Å². The molecule has 0 aromatic heterocycles. The number of hydrogen-bond acceptors (Lipinski definition) is 3. The molecule has 3 saturated carbocycles. The number of hydrogen-bond donors (Lipinski definition) is 2. The Balaban J connectivity index is 1.43. The smallest absolute Gasteiger partial charge is 0.0156 e. The summed E-state index contributed by atoms with van der Waals surface area (Å²) in [6, 6.07) is 4.01. The molecule has 2 N–H and O–H groups in total. The topological polar surface area (TPSA) is 27.3 Å². The van der Waals surface area contributed by atoms with Gasteiger partial charge >= 0.3 is 0 Å². The molecule has 6 atom stereocenters. The fourth-order valence-electron chi connectivity index (χ4n) is 6.52. The Hall–Kier alpha value is -0.120. The molecule has 0 aromatic carbocycles. The highest BCUT2D eigenvalue weighted by Gasteiger charge is 2.48. The van der Waals surface area contributed by atoms with Gasteiger partial charge in [0.05, 0.1) is 0 Å². The van der Waals surface area contributed by atoms with Crippen molar-refractivity contribution >= 4 is 0 Å². The highest BCUT2D eigenvalue weighted by atomic mass is 15.1. The van der Waals surface area contributed by atoms with Crippen LogP contribution in [-0.4, -0.2) is 49.2 Å². The van der Waals surface area contributed by atoms with Crippen molar-refractivity contribution in [1.29, 1.82) is 0 Å². The van der Waals surface area contributed by atoms with Crippen LogP contribution in [0.25, 0.3) is 0 Å². The Morgan fingerprint density at radius 3 is 2.33 bits per heavy atom. The lowest BCUT2D eigenvalue weighted by atomic mass is 9.67. The molecule has 3 aliphatic carbocycles. The van der Waals surface area contributed by atoms with E-state index >= 15 is 0 Å². The summed E-state index contributed by atoms with van der Waals surface area (Å²) in [5.41, 5.74) is 0. The second-order valence-corrected chi connectivity index (χ2v) is 9.72. The summed E-state index contributed by atoms with van der Waals surface area (Å²) in [5.74, 6) is 2.72. The van der Waals surface area contributed by atoms with Gasteiger partial charge in [0.25, 0.3) is 0 Å². The van der Waals surface area contributed by atoms with E-state index < -0.39 is 0 Å². The van der Waals surface area contributed by atoms with E-state index in [1.165, 1.54) is 64.2 Å². The van der Waals surface area contributed by atoms with Gasteiger partial charge in [-0.1, -0.05) is 13.3 Å². The van der Waals surface area contributed by atoms with Crippen LogP contribution in [0.15, 0.2) is 0 Å². The normalized spacial score (nSPS) is 49.0. The second kappa shape index (κ2) is 7.25. The van der Waals surface area contributed by atoms with Gasteiger partial charge < -0.3 is 15.5 Å². The Kier molecular flexibility index (Phi) is 5.22. The lowest BCUT2D eigenvalue weighted by Crippen LogP contribution is -2.64. The maximum Gasteiger partial charge on any atom is 0.0156 e. The molecule has 1 saturated heterocycles. The monoisotopic (exact) mass is 333 g/mol. The van der Waals surface area contributed by atoms with Gasteiger partial charge in [-0.05, 0) is 89.6 Å². The number of piperidine rings is 1. The first kappa shape index (κ1) is 17.3. The molecular formula is C21H39N3. The van der Waals surface area contributed by atoms with Crippen molar-refractivity contribution in [2.45, 2.75) is 101 Å². The summed E-state index contributed by atoms with van der Waals surface area (Å²) in [6.45, 7) is 2.48.